The summed E-state index contributed by atoms with van der Waals surface area (Å²) in [6.07, 6.45) is 0. The highest BCUT2D eigenvalue weighted by atomic mass is 35.5. The fourth-order valence-corrected chi connectivity index (χ4v) is 4.37. The maximum absolute atomic E-state index is 13.9. The molecule has 0 spiro atoms. The van der Waals surface area contributed by atoms with E-state index in [2.05, 4.69) is 9.71 Å². The van der Waals surface area contributed by atoms with Gasteiger partial charge in [0.25, 0.3) is 10.0 Å². The summed E-state index contributed by atoms with van der Waals surface area (Å²) in [6, 6.07) is 4.68. The minimum Gasteiger partial charge on any atom is -0.279 e. The van der Waals surface area contributed by atoms with Gasteiger partial charge in [0.05, 0.1) is 20.9 Å². The van der Waals surface area contributed by atoms with Gasteiger partial charge in [-0.2, -0.15) is 0 Å². The van der Waals surface area contributed by atoms with E-state index in [9.17, 15) is 21.6 Å². The second kappa shape index (κ2) is 5.91. The number of aryl methyl sites for hydroxylation is 1. The first-order valence-electron chi connectivity index (χ1n) is 6.42. The highest BCUT2D eigenvalue weighted by molar-refractivity contribution is 7.92. The Bertz CT molecular complexity index is 1070. The van der Waals surface area contributed by atoms with Gasteiger partial charge in [-0.25, -0.2) is 26.6 Å². The van der Waals surface area contributed by atoms with Crippen LogP contribution in [0.4, 0.5) is 18.9 Å². The number of fused-ring (bicyclic) bond motifs is 1. The molecule has 1 N–H and O–H groups in total. The van der Waals surface area contributed by atoms with Crippen molar-refractivity contribution in [2.45, 2.75) is 11.8 Å². The third kappa shape index (κ3) is 2.94. The van der Waals surface area contributed by atoms with Crippen molar-refractivity contribution in [1.82, 2.24) is 4.98 Å². The van der Waals surface area contributed by atoms with E-state index in [0.717, 1.165) is 5.01 Å². The lowest BCUT2D eigenvalue weighted by Gasteiger charge is -2.11. The third-order valence-corrected chi connectivity index (χ3v) is 5.78. The van der Waals surface area contributed by atoms with Crippen LogP contribution in [0.25, 0.3) is 10.2 Å². The molecule has 3 rings (SSSR count). The van der Waals surface area contributed by atoms with Crippen molar-refractivity contribution >= 4 is 48.9 Å². The predicted octanol–water partition coefficient (Wildman–Crippen LogP) is 4.48. The van der Waals surface area contributed by atoms with Crippen LogP contribution in [0.5, 0.6) is 0 Å². The number of nitrogens with zero attached hydrogens (tertiary/aromatic N) is 1. The number of benzene rings is 2. The molecule has 4 nitrogen and oxygen atoms in total. The maximum atomic E-state index is 13.9. The molecule has 24 heavy (non-hydrogen) atoms. The molecule has 0 radical (unpaired) electrons. The van der Waals surface area contributed by atoms with Gasteiger partial charge in [-0.15, -0.1) is 11.3 Å². The summed E-state index contributed by atoms with van der Waals surface area (Å²) in [7, 11) is -4.64. The van der Waals surface area contributed by atoms with Crippen molar-refractivity contribution in [2.24, 2.45) is 0 Å². The molecule has 0 amide bonds. The highest BCUT2D eigenvalue weighted by Crippen LogP contribution is 2.30. The number of rotatable bonds is 3. The first-order valence-corrected chi connectivity index (χ1v) is 9.10. The molecule has 126 valence electrons. The van der Waals surface area contributed by atoms with Crippen LogP contribution in [0.3, 0.4) is 0 Å². The molecule has 0 aliphatic rings. The molecule has 0 atom stereocenters. The van der Waals surface area contributed by atoms with Gasteiger partial charge in [0.2, 0.25) is 0 Å². The number of hydrogen-bond donors (Lipinski definition) is 1. The molecule has 0 unspecified atom stereocenters. The maximum Gasteiger partial charge on any atom is 0.267 e. The third-order valence-electron chi connectivity index (χ3n) is 3.09. The largest absolute Gasteiger partial charge is 0.279 e. The molecule has 0 aliphatic heterocycles. The molecular weight excluding hydrogens is 385 g/mol. The summed E-state index contributed by atoms with van der Waals surface area (Å²) in [5.41, 5.74) is 0.757. The number of hydrogen-bond acceptors (Lipinski definition) is 4. The molecule has 1 heterocycles. The molecule has 0 bridgehead atoms. The summed E-state index contributed by atoms with van der Waals surface area (Å²) in [6.45, 7) is 1.79. The lowest BCUT2D eigenvalue weighted by atomic mass is 10.3. The second-order valence-corrected chi connectivity index (χ2v) is 8.05. The SMILES string of the molecule is Cc1nc2ccc(NS(=O)(=O)c3c(F)cc(F)c(Cl)c3F)cc2s1. The van der Waals surface area contributed by atoms with E-state index in [1.54, 1.807) is 13.0 Å². The molecule has 0 aliphatic carbocycles. The number of aromatic nitrogens is 1. The van der Waals surface area contributed by atoms with Crippen LogP contribution >= 0.6 is 22.9 Å². The van der Waals surface area contributed by atoms with Crippen LogP contribution < -0.4 is 4.72 Å². The van der Waals surface area contributed by atoms with Crippen LogP contribution in [0.2, 0.25) is 5.02 Å². The number of thiazole rings is 1. The Balaban J connectivity index is 2.06. The van der Waals surface area contributed by atoms with E-state index in [-0.39, 0.29) is 11.8 Å². The van der Waals surface area contributed by atoms with Gasteiger partial charge in [0.1, 0.15) is 16.7 Å². The average molecular weight is 393 g/mol. The molecule has 1 aromatic heterocycles. The van der Waals surface area contributed by atoms with Gasteiger partial charge in [0.15, 0.2) is 10.7 Å². The van der Waals surface area contributed by atoms with Gasteiger partial charge in [0, 0.05) is 6.07 Å². The standard InChI is InChI=1S/C14H8ClF3N2O2S2/c1-6-19-10-3-2-7(4-11(10)23-6)20-24(21,22)14-9(17)5-8(16)12(15)13(14)18/h2-5,20H,1H3. The van der Waals surface area contributed by atoms with Crippen LogP contribution in [-0.2, 0) is 10.0 Å². The molecule has 10 heteroatoms. The van der Waals surface area contributed by atoms with Crippen LogP contribution in [0.15, 0.2) is 29.2 Å². The monoisotopic (exact) mass is 392 g/mol. The van der Waals surface area contributed by atoms with E-state index in [1.807, 2.05) is 0 Å². The lowest BCUT2D eigenvalue weighted by molar-refractivity contribution is 0.499. The van der Waals surface area contributed by atoms with E-state index in [1.165, 1.54) is 23.5 Å². The minimum absolute atomic E-state index is 0.0883. The molecule has 0 fully saturated rings. The first-order chi connectivity index (χ1) is 11.2. The summed E-state index contributed by atoms with van der Waals surface area (Å²) in [5.74, 6) is -4.64. The Morgan fingerprint density at radius 1 is 1.17 bits per heavy atom. The van der Waals surface area contributed by atoms with Gasteiger partial charge >= 0.3 is 0 Å². The summed E-state index contributed by atoms with van der Waals surface area (Å²) in [4.78, 5) is 2.88. The van der Waals surface area contributed by atoms with Crippen molar-refractivity contribution in [2.75, 3.05) is 4.72 Å². The fourth-order valence-electron chi connectivity index (χ4n) is 2.11. The quantitative estimate of drug-likeness (QED) is 0.528. The van der Waals surface area contributed by atoms with E-state index in [4.69, 9.17) is 11.6 Å². The van der Waals surface area contributed by atoms with Crippen molar-refractivity contribution < 1.29 is 21.6 Å². The van der Waals surface area contributed by atoms with Crippen molar-refractivity contribution in [3.05, 3.63) is 51.7 Å². The van der Waals surface area contributed by atoms with Crippen molar-refractivity contribution in [3.8, 4) is 0 Å². The smallest absolute Gasteiger partial charge is 0.267 e. The highest BCUT2D eigenvalue weighted by Gasteiger charge is 2.28. The summed E-state index contributed by atoms with van der Waals surface area (Å²) >= 11 is 6.66. The fraction of sp³-hybridized carbons (Fsp3) is 0.0714. The zero-order chi connectivity index (χ0) is 17.6. The van der Waals surface area contributed by atoms with Crippen LogP contribution in [-0.4, -0.2) is 13.4 Å². The van der Waals surface area contributed by atoms with Gasteiger partial charge in [-0.05, 0) is 25.1 Å². The lowest BCUT2D eigenvalue weighted by Crippen LogP contribution is -2.17. The molecule has 0 saturated heterocycles. The number of halogens is 4. The Morgan fingerprint density at radius 2 is 1.88 bits per heavy atom. The predicted molar refractivity (Wildman–Crippen MR) is 86.5 cm³/mol. The normalized spacial score (nSPS) is 11.9. The van der Waals surface area contributed by atoms with Crippen molar-refractivity contribution in [3.63, 3.8) is 0 Å². The molecule has 2 aromatic carbocycles. The number of nitrogens with one attached hydrogen (secondary N) is 1. The van der Waals surface area contributed by atoms with E-state index >= 15 is 0 Å². The molecule has 3 aromatic rings. The first kappa shape index (κ1) is 17.0. The van der Waals surface area contributed by atoms with Gasteiger partial charge in [-0.1, -0.05) is 11.6 Å². The van der Waals surface area contributed by atoms with Gasteiger partial charge in [-0.3, -0.25) is 4.72 Å². The van der Waals surface area contributed by atoms with Crippen LogP contribution in [0, 0.1) is 24.4 Å². The number of sulfonamides is 1. The number of anilines is 1. The van der Waals surface area contributed by atoms with E-state index < -0.39 is 37.4 Å². The van der Waals surface area contributed by atoms with Crippen LogP contribution in [0.1, 0.15) is 5.01 Å². The van der Waals surface area contributed by atoms with E-state index in [0.29, 0.717) is 10.2 Å². The summed E-state index contributed by atoms with van der Waals surface area (Å²) in [5, 5.41) is -0.308. The Morgan fingerprint density at radius 3 is 2.58 bits per heavy atom. The van der Waals surface area contributed by atoms with Gasteiger partial charge < -0.3 is 0 Å². The zero-order valence-corrected chi connectivity index (χ0v) is 14.3. The summed E-state index contributed by atoms with van der Waals surface area (Å²) < 4.78 is 68.2. The Hall–Kier alpha value is -1.84. The second-order valence-electron chi connectivity index (χ2n) is 4.82. The zero-order valence-electron chi connectivity index (χ0n) is 11.9. The molecular formula is C14H8ClF3N2O2S2. The minimum atomic E-state index is -4.64. The Labute approximate surface area is 144 Å². The average Bonchev–Trinajstić information content (AvgIpc) is 2.83. The molecule has 0 saturated carbocycles. The topological polar surface area (TPSA) is 59.1 Å². The Kier molecular flexibility index (Phi) is 4.18. The van der Waals surface area contributed by atoms with Crippen molar-refractivity contribution in [1.29, 1.82) is 0 Å².